The number of rotatable bonds is 10. The topological polar surface area (TPSA) is 71.7 Å². The summed E-state index contributed by atoms with van der Waals surface area (Å²) in [5.41, 5.74) is 0. The van der Waals surface area contributed by atoms with E-state index in [1.54, 1.807) is 0 Å². The summed E-state index contributed by atoms with van der Waals surface area (Å²) in [5, 5.41) is 20.5. The van der Waals surface area contributed by atoms with Crippen LogP contribution in [0, 0.1) is 0 Å². The van der Waals surface area contributed by atoms with Crippen LogP contribution in [0.1, 0.15) is 67.2 Å². The van der Waals surface area contributed by atoms with E-state index in [0.717, 1.165) is 37.3 Å². The Morgan fingerprint density at radius 3 is 2.00 bits per heavy atom. The van der Waals surface area contributed by atoms with Gasteiger partial charge < -0.3 is 0 Å². The van der Waals surface area contributed by atoms with Gasteiger partial charge in [0.1, 0.15) is 12.7 Å². The lowest BCUT2D eigenvalue weighted by Crippen LogP contribution is -2.25. The SMILES string of the molecule is CC(C)N=CN(O)C(C)C.CCCCN=CN(O)CCCC. The fourth-order valence-corrected chi connectivity index (χ4v) is 1.11. The molecule has 0 aliphatic carbocycles. The standard InChI is InChI=1S/C9H20N2O.C7H16N2O/c1-3-5-7-10-9-11(12)8-6-4-2;1-6(2)8-5-9(10)7(3)4/h9,12H,3-8H2,1-2H3;5-7,10H,1-4H3. The Bertz CT molecular complexity index is 281. The molecule has 0 unspecified atom stereocenters. The number of hydroxylamine groups is 4. The van der Waals surface area contributed by atoms with Gasteiger partial charge in [0, 0.05) is 19.1 Å². The van der Waals surface area contributed by atoms with Gasteiger partial charge >= 0.3 is 0 Å². The first-order chi connectivity index (χ1) is 10.3. The molecule has 0 heterocycles. The summed E-state index contributed by atoms with van der Waals surface area (Å²) in [6.07, 6.45) is 7.33. The molecule has 0 spiro atoms. The van der Waals surface area contributed by atoms with Crippen LogP contribution >= 0.6 is 0 Å². The molecule has 0 radical (unpaired) electrons. The molecule has 132 valence electrons. The highest BCUT2D eigenvalue weighted by atomic mass is 16.5. The van der Waals surface area contributed by atoms with Crippen molar-refractivity contribution in [2.24, 2.45) is 9.98 Å². The van der Waals surface area contributed by atoms with Crippen LogP contribution in [0.4, 0.5) is 0 Å². The lowest BCUT2D eigenvalue weighted by atomic mass is 10.3. The second-order valence-corrected chi connectivity index (χ2v) is 5.72. The van der Waals surface area contributed by atoms with Crippen molar-refractivity contribution in [3.05, 3.63) is 0 Å². The number of nitrogens with zero attached hydrogens (tertiary/aromatic N) is 4. The molecule has 0 aliphatic heterocycles. The summed E-state index contributed by atoms with van der Waals surface area (Å²) in [5.74, 6) is 0. The van der Waals surface area contributed by atoms with Crippen molar-refractivity contribution in [1.82, 2.24) is 10.1 Å². The molecule has 0 atom stereocenters. The Morgan fingerprint density at radius 2 is 1.55 bits per heavy atom. The predicted octanol–water partition coefficient (Wildman–Crippen LogP) is 3.83. The predicted molar refractivity (Wildman–Crippen MR) is 94.1 cm³/mol. The molecule has 0 aromatic rings. The summed E-state index contributed by atoms with van der Waals surface area (Å²) >= 11 is 0. The van der Waals surface area contributed by atoms with E-state index in [-0.39, 0.29) is 12.1 Å². The van der Waals surface area contributed by atoms with Gasteiger partial charge in [0.15, 0.2) is 0 Å². The van der Waals surface area contributed by atoms with Crippen LogP contribution in [-0.4, -0.2) is 58.4 Å². The maximum Gasteiger partial charge on any atom is 0.110 e. The van der Waals surface area contributed by atoms with E-state index in [1.165, 1.54) is 17.7 Å². The minimum atomic E-state index is 0.0995. The van der Waals surface area contributed by atoms with E-state index in [4.69, 9.17) is 10.4 Å². The molecular formula is C16H36N4O2. The number of unbranched alkanes of at least 4 members (excludes halogenated alkanes) is 2. The molecule has 0 rings (SSSR count). The third kappa shape index (κ3) is 18.9. The van der Waals surface area contributed by atoms with Gasteiger partial charge in [0.2, 0.25) is 0 Å². The Balaban J connectivity index is 0. The Labute approximate surface area is 136 Å². The van der Waals surface area contributed by atoms with Crippen molar-refractivity contribution in [2.45, 2.75) is 79.3 Å². The molecule has 0 aromatic carbocycles. The fraction of sp³-hybridized carbons (Fsp3) is 0.875. The van der Waals surface area contributed by atoms with Gasteiger partial charge in [-0.25, -0.2) is 10.1 Å². The highest BCUT2D eigenvalue weighted by Gasteiger charge is 1.98. The van der Waals surface area contributed by atoms with Gasteiger partial charge in [-0.05, 0) is 40.5 Å². The molecule has 0 bridgehead atoms. The van der Waals surface area contributed by atoms with Crippen molar-refractivity contribution in [2.75, 3.05) is 13.1 Å². The monoisotopic (exact) mass is 316 g/mol. The van der Waals surface area contributed by atoms with E-state index in [0.29, 0.717) is 6.54 Å². The average molecular weight is 316 g/mol. The van der Waals surface area contributed by atoms with Crippen LogP contribution in [0.3, 0.4) is 0 Å². The fourth-order valence-electron chi connectivity index (χ4n) is 1.11. The van der Waals surface area contributed by atoms with E-state index < -0.39 is 0 Å². The smallest absolute Gasteiger partial charge is 0.110 e. The van der Waals surface area contributed by atoms with Gasteiger partial charge in [-0.1, -0.05) is 26.7 Å². The quantitative estimate of drug-likeness (QED) is 0.278. The molecule has 2 N–H and O–H groups in total. The molecule has 0 amide bonds. The molecule has 0 fully saturated rings. The minimum absolute atomic E-state index is 0.0995. The van der Waals surface area contributed by atoms with Gasteiger partial charge in [0.25, 0.3) is 0 Å². The molecule has 6 heteroatoms. The third-order valence-electron chi connectivity index (χ3n) is 2.61. The molecule has 0 saturated heterocycles. The largest absolute Gasteiger partial charge is 0.288 e. The summed E-state index contributed by atoms with van der Waals surface area (Å²) < 4.78 is 0. The Kier molecular flexibility index (Phi) is 17.1. The Hall–Kier alpha value is -1.14. The van der Waals surface area contributed by atoms with Crippen molar-refractivity contribution in [3.63, 3.8) is 0 Å². The summed E-state index contributed by atoms with van der Waals surface area (Å²) in [7, 11) is 0. The number of hydrogen-bond donors (Lipinski definition) is 2. The summed E-state index contributed by atoms with van der Waals surface area (Å²) in [6.45, 7) is 13.4. The van der Waals surface area contributed by atoms with Crippen LogP contribution in [0.15, 0.2) is 9.98 Å². The molecule has 0 aromatic heterocycles. The third-order valence-corrected chi connectivity index (χ3v) is 2.61. The first-order valence-corrected chi connectivity index (χ1v) is 8.31. The maximum atomic E-state index is 9.16. The van der Waals surface area contributed by atoms with Crippen molar-refractivity contribution >= 4 is 12.7 Å². The first kappa shape index (κ1) is 23.1. The van der Waals surface area contributed by atoms with Gasteiger partial charge in [-0.2, -0.15) is 0 Å². The van der Waals surface area contributed by atoms with Gasteiger partial charge in [-0.15, -0.1) is 0 Å². The summed E-state index contributed by atoms with van der Waals surface area (Å²) in [6, 6.07) is 0.343. The highest BCUT2D eigenvalue weighted by molar-refractivity contribution is 5.53. The minimum Gasteiger partial charge on any atom is -0.288 e. The van der Waals surface area contributed by atoms with E-state index in [2.05, 4.69) is 23.8 Å². The highest BCUT2D eigenvalue weighted by Crippen LogP contribution is 1.91. The molecular weight excluding hydrogens is 280 g/mol. The lowest BCUT2D eigenvalue weighted by molar-refractivity contribution is -0.0362. The zero-order chi connectivity index (χ0) is 17.4. The van der Waals surface area contributed by atoms with Gasteiger partial charge in [0.05, 0.1) is 6.04 Å². The molecule has 0 saturated carbocycles. The molecule has 22 heavy (non-hydrogen) atoms. The number of hydrogen-bond acceptors (Lipinski definition) is 4. The second kappa shape index (κ2) is 16.2. The zero-order valence-electron chi connectivity index (χ0n) is 15.2. The van der Waals surface area contributed by atoms with Gasteiger partial charge in [-0.3, -0.25) is 20.4 Å². The van der Waals surface area contributed by atoms with Crippen LogP contribution in [0.2, 0.25) is 0 Å². The van der Waals surface area contributed by atoms with Crippen molar-refractivity contribution in [1.29, 1.82) is 0 Å². The molecule has 6 nitrogen and oxygen atoms in total. The van der Waals surface area contributed by atoms with Crippen LogP contribution in [-0.2, 0) is 0 Å². The summed E-state index contributed by atoms with van der Waals surface area (Å²) in [4.78, 5) is 8.06. The zero-order valence-corrected chi connectivity index (χ0v) is 15.2. The second-order valence-electron chi connectivity index (χ2n) is 5.72. The van der Waals surface area contributed by atoms with Crippen molar-refractivity contribution < 1.29 is 10.4 Å². The van der Waals surface area contributed by atoms with E-state index in [9.17, 15) is 0 Å². The van der Waals surface area contributed by atoms with E-state index >= 15 is 0 Å². The molecule has 0 aliphatic rings. The van der Waals surface area contributed by atoms with Crippen LogP contribution in [0.5, 0.6) is 0 Å². The van der Waals surface area contributed by atoms with Crippen LogP contribution in [0.25, 0.3) is 0 Å². The van der Waals surface area contributed by atoms with E-state index in [1.807, 2.05) is 27.7 Å². The average Bonchev–Trinajstić information content (AvgIpc) is 2.47. The van der Waals surface area contributed by atoms with Crippen LogP contribution < -0.4 is 0 Å². The normalized spacial score (nSPS) is 11.4. The number of aliphatic imine (C=N–C) groups is 2. The van der Waals surface area contributed by atoms with Crippen molar-refractivity contribution in [3.8, 4) is 0 Å². The Morgan fingerprint density at radius 1 is 0.955 bits per heavy atom. The first-order valence-electron chi connectivity index (χ1n) is 8.31. The maximum absolute atomic E-state index is 9.16. The lowest BCUT2D eigenvalue weighted by Gasteiger charge is -2.14.